The molecule has 2 amide bonds. The molecule has 1 spiro atoms. The number of aromatic nitrogens is 2. The van der Waals surface area contributed by atoms with Crippen molar-refractivity contribution in [2.24, 2.45) is 0 Å². The van der Waals surface area contributed by atoms with Gasteiger partial charge in [-0.25, -0.2) is 0 Å². The number of aliphatic hydroxyl groups excluding tert-OH is 1. The molecule has 2 unspecified atom stereocenters. The van der Waals surface area contributed by atoms with Crippen LogP contribution in [0.25, 0.3) is 0 Å². The fraction of sp³-hybridized carbons (Fsp3) is 0.462. The number of guanidine groups is 2. The number of rotatable bonds is 5. The number of fused-ring (bicyclic) bond motifs is 1. The van der Waals surface area contributed by atoms with Crippen molar-refractivity contribution in [3.8, 4) is 0 Å². The van der Waals surface area contributed by atoms with Crippen LogP contribution in [0.1, 0.15) is 50.5 Å². The predicted molar refractivity (Wildman–Crippen MR) is 141 cm³/mol. The lowest BCUT2D eigenvalue weighted by atomic mass is 9.86. The maximum atomic E-state index is 13.4. The Morgan fingerprint density at radius 3 is 2.74 bits per heavy atom. The Morgan fingerprint density at radius 2 is 1.95 bits per heavy atom. The van der Waals surface area contributed by atoms with Gasteiger partial charge in [0.05, 0.1) is 23.8 Å². The van der Waals surface area contributed by atoms with E-state index in [0.29, 0.717) is 11.3 Å². The molecule has 204 valence electrons. The van der Waals surface area contributed by atoms with Crippen molar-refractivity contribution in [3.05, 3.63) is 58.4 Å². The van der Waals surface area contributed by atoms with Crippen LogP contribution in [0.3, 0.4) is 0 Å². The van der Waals surface area contributed by atoms with Gasteiger partial charge in [-0.3, -0.25) is 20.4 Å². The molecule has 39 heavy (non-hydrogen) atoms. The number of amides is 2. The molecule has 3 aliphatic heterocycles. The molecule has 0 radical (unpaired) electrons. The smallest absolute Gasteiger partial charge is 0.271 e. The molecule has 1 aromatic carbocycles. The number of nitrogens with one attached hydrogen (secondary N) is 7. The summed E-state index contributed by atoms with van der Waals surface area (Å²) in [6.07, 6.45) is 2.80. The summed E-state index contributed by atoms with van der Waals surface area (Å²) in [5.41, 5.74) is 2.48. The first-order valence-corrected chi connectivity index (χ1v) is 13.2. The highest BCUT2D eigenvalue weighted by atomic mass is 16.3. The second-order valence-electron chi connectivity index (χ2n) is 10.6. The highest BCUT2D eigenvalue weighted by Crippen LogP contribution is 2.37. The number of benzene rings is 1. The van der Waals surface area contributed by atoms with Crippen molar-refractivity contribution in [2.75, 3.05) is 13.1 Å². The van der Waals surface area contributed by atoms with E-state index in [9.17, 15) is 14.7 Å². The van der Waals surface area contributed by atoms with Gasteiger partial charge in [-0.2, -0.15) is 5.10 Å². The number of aliphatic hydroxyl groups is 1. The lowest BCUT2D eigenvalue weighted by Crippen LogP contribution is -2.78. The molecule has 0 saturated carbocycles. The van der Waals surface area contributed by atoms with Crippen molar-refractivity contribution >= 4 is 23.7 Å². The number of carbonyl (C=O) groups is 2. The van der Waals surface area contributed by atoms with Gasteiger partial charge in [0.1, 0.15) is 6.10 Å². The maximum absolute atomic E-state index is 13.4. The number of hydrogen-bond donors (Lipinski definition) is 8. The summed E-state index contributed by atoms with van der Waals surface area (Å²) in [4.78, 5) is 27.7. The average Bonchev–Trinajstić information content (AvgIpc) is 3.43. The van der Waals surface area contributed by atoms with E-state index in [4.69, 9.17) is 10.8 Å². The Labute approximate surface area is 225 Å². The molecule has 4 heterocycles. The van der Waals surface area contributed by atoms with Gasteiger partial charge in [-0.15, -0.1) is 5.10 Å². The van der Waals surface area contributed by atoms with E-state index >= 15 is 0 Å². The molecular weight excluding hydrogens is 500 g/mol. The van der Waals surface area contributed by atoms with E-state index in [2.05, 4.69) is 42.8 Å². The number of carbonyl (C=O) groups excluding carboxylic acids is 2. The third-order valence-electron chi connectivity index (χ3n) is 8.22. The molecule has 13 heteroatoms. The van der Waals surface area contributed by atoms with Crippen molar-refractivity contribution in [1.82, 2.24) is 41.7 Å². The summed E-state index contributed by atoms with van der Waals surface area (Å²) >= 11 is 0. The van der Waals surface area contributed by atoms with Gasteiger partial charge in [0.25, 0.3) is 11.8 Å². The van der Waals surface area contributed by atoms with Crippen LogP contribution in [0.5, 0.6) is 0 Å². The highest BCUT2D eigenvalue weighted by Gasteiger charge is 2.66. The van der Waals surface area contributed by atoms with Gasteiger partial charge < -0.3 is 36.6 Å². The van der Waals surface area contributed by atoms with Crippen molar-refractivity contribution < 1.29 is 14.7 Å². The van der Waals surface area contributed by atoms with E-state index in [-0.39, 0.29) is 36.6 Å². The summed E-state index contributed by atoms with van der Waals surface area (Å²) in [6, 6.07) is 7.23. The standard InChI is InChI=1S/C26H32N10O3/c1-13-9-10-17(35-34-13)23(39)29-11-18-20-26(33-24(27)32-20)21(37)19(12-36(26)25(28)31-18)30-22(38)16-8-4-6-14-5-2-3-7-15(14)16/h4,6,8-10,18-21,37H,2-3,5,7,11-12H2,1H3,(H2,28,31)(H,29,39)(H,30,38)(H3,27,32,33)/t18-,19?,20-,21+,26?/m0/s1. The van der Waals surface area contributed by atoms with Crippen LogP contribution < -0.4 is 26.6 Å². The Kier molecular flexibility index (Phi) is 6.09. The van der Waals surface area contributed by atoms with E-state index in [1.165, 1.54) is 5.56 Å². The topological polar surface area (TPSA) is 191 Å². The van der Waals surface area contributed by atoms with Gasteiger partial charge in [-0.1, -0.05) is 12.1 Å². The normalized spacial score (nSPS) is 28.8. The van der Waals surface area contributed by atoms with Gasteiger partial charge in [0, 0.05) is 18.7 Å². The quantitative estimate of drug-likeness (QED) is 0.238. The zero-order valence-electron chi connectivity index (χ0n) is 21.5. The number of hydrogen-bond acceptors (Lipinski definition) is 7. The summed E-state index contributed by atoms with van der Waals surface area (Å²) in [5, 5.41) is 51.5. The summed E-state index contributed by atoms with van der Waals surface area (Å²) in [5.74, 6) is -0.659. The van der Waals surface area contributed by atoms with Crippen LogP contribution >= 0.6 is 0 Å². The third-order valence-corrected chi connectivity index (χ3v) is 8.22. The first-order chi connectivity index (χ1) is 18.8. The lowest BCUT2D eigenvalue weighted by Gasteiger charge is -2.49. The molecular formula is C26H32N10O3. The lowest BCUT2D eigenvalue weighted by molar-refractivity contribution is 0.00612. The maximum Gasteiger partial charge on any atom is 0.271 e. The molecule has 6 rings (SSSR count). The minimum absolute atomic E-state index is 0.00890. The third kappa shape index (κ3) is 4.13. The minimum Gasteiger partial charge on any atom is -0.386 e. The zero-order valence-corrected chi connectivity index (χ0v) is 21.5. The van der Waals surface area contributed by atoms with Crippen molar-refractivity contribution in [1.29, 1.82) is 10.8 Å². The fourth-order valence-electron chi connectivity index (χ4n) is 6.35. The van der Waals surface area contributed by atoms with Crippen LogP contribution in [0.4, 0.5) is 0 Å². The van der Waals surface area contributed by atoms with Crippen LogP contribution in [-0.4, -0.2) is 86.9 Å². The molecule has 8 N–H and O–H groups in total. The molecule has 4 aliphatic rings. The highest BCUT2D eigenvalue weighted by molar-refractivity contribution is 5.97. The van der Waals surface area contributed by atoms with E-state index in [0.717, 1.165) is 31.2 Å². The molecule has 5 atom stereocenters. The second-order valence-corrected chi connectivity index (χ2v) is 10.6. The first-order valence-electron chi connectivity index (χ1n) is 13.2. The molecule has 1 aromatic heterocycles. The molecule has 3 saturated heterocycles. The van der Waals surface area contributed by atoms with Crippen LogP contribution in [-0.2, 0) is 12.8 Å². The SMILES string of the molecule is Cc1ccc(C(=O)NC[C@@H]2NC(=N)N3CC(NC(=O)c4cccc5c4CCCC5)[C@@H](O)C34NC(=N)N[C@@H]24)nn1. The molecule has 2 aromatic rings. The minimum atomic E-state index is -1.26. The molecule has 0 bridgehead atoms. The second kappa shape index (κ2) is 9.49. The summed E-state index contributed by atoms with van der Waals surface area (Å²) in [6.45, 7) is 2.05. The van der Waals surface area contributed by atoms with Crippen molar-refractivity contribution in [3.63, 3.8) is 0 Å². The Bertz CT molecular complexity index is 1350. The summed E-state index contributed by atoms with van der Waals surface area (Å²) < 4.78 is 0. The monoisotopic (exact) mass is 532 g/mol. The van der Waals surface area contributed by atoms with Gasteiger partial charge >= 0.3 is 0 Å². The van der Waals surface area contributed by atoms with Crippen LogP contribution in [0.2, 0.25) is 0 Å². The Hall–Kier alpha value is -4.26. The van der Waals surface area contributed by atoms with Gasteiger partial charge in [0.15, 0.2) is 23.3 Å². The first kappa shape index (κ1) is 25.0. The van der Waals surface area contributed by atoms with Crippen LogP contribution in [0.15, 0.2) is 30.3 Å². The molecule has 1 aliphatic carbocycles. The molecule has 13 nitrogen and oxygen atoms in total. The van der Waals surface area contributed by atoms with E-state index < -0.39 is 35.8 Å². The molecule has 3 fully saturated rings. The van der Waals surface area contributed by atoms with Crippen LogP contribution in [0, 0.1) is 17.7 Å². The number of nitrogens with zero attached hydrogens (tertiary/aromatic N) is 3. The Balaban J connectivity index is 1.21. The van der Waals surface area contributed by atoms with E-state index in [1.54, 1.807) is 24.0 Å². The largest absolute Gasteiger partial charge is 0.386 e. The predicted octanol–water partition coefficient (Wildman–Crippen LogP) is -1.03. The zero-order chi connectivity index (χ0) is 27.3. The van der Waals surface area contributed by atoms with Gasteiger partial charge in [0.2, 0.25) is 0 Å². The Morgan fingerprint density at radius 1 is 1.13 bits per heavy atom. The van der Waals surface area contributed by atoms with Gasteiger partial charge in [-0.05, 0) is 61.9 Å². The average molecular weight is 533 g/mol. The fourth-order valence-corrected chi connectivity index (χ4v) is 6.35. The summed E-state index contributed by atoms with van der Waals surface area (Å²) in [7, 11) is 0. The number of aryl methyl sites for hydroxylation is 2. The van der Waals surface area contributed by atoms with Crippen molar-refractivity contribution in [2.45, 2.75) is 62.5 Å². The van der Waals surface area contributed by atoms with E-state index in [1.807, 2.05) is 12.1 Å².